The van der Waals surface area contributed by atoms with Gasteiger partial charge in [0, 0.05) is 6.54 Å². The minimum Gasteiger partial charge on any atom is -0.493 e. The third kappa shape index (κ3) is 3.39. The molecule has 1 saturated carbocycles. The van der Waals surface area contributed by atoms with Gasteiger partial charge in [0.1, 0.15) is 0 Å². The predicted molar refractivity (Wildman–Crippen MR) is 73.2 cm³/mol. The number of benzene rings is 1. The van der Waals surface area contributed by atoms with Crippen LogP contribution in [0.5, 0.6) is 11.5 Å². The zero-order chi connectivity index (χ0) is 12.8. The Hall–Kier alpha value is -1.22. The van der Waals surface area contributed by atoms with Crippen LogP contribution in [0.15, 0.2) is 18.2 Å². The first kappa shape index (κ1) is 13.2. The van der Waals surface area contributed by atoms with E-state index >= 15 is 0 Å². The van der Waals surface area contributed by atoms with E-state index in [4.69, 9.17) is 9.47 Å². The Kier molecular flexibility index (Phi) is 4.88. The third-order valence-corrected chi connectivity index (χ3v) is 3.51. The molecule has 1 fully saturated rings. The molecule has 1 aromatic rings. The molecule has 0 saturated heterocycles. The van der Waals surface area contributed by atoms with Gasteiger partial charge in [-0.2, -0.15) is 0 Å². The molecule has 18 heavy (non-hydrogen) atoms. The Morgan fingerprint density at radius 2 is 2.11 bits per heavy atom. The lowest BCUT2D eigenvalue weighted by molar-refractivity contribution is 0.176. The van der Waals surface area contributed by atoms with Crippen LogP contribution >= 0.6 is 0 Å². The molecule has 0 heterocycles. The second kappa shape index (κ2) is 6.64. The van der Waals surface area contributed by atoms with Crippen molar-refractivity contribution >= 4 is 0 Å². The number of hydrogen-bond donors (Lipinski definition) is 1. The largest absolute Gasteiger partial charge is 0.493 e. The van der Waals surface area contributed by atoms with Crippen molar-refractivity contribution < 1.29 is 9.47 Å². The zero-order valence-electron chi connectivity index (χ0n) is 11.4. The van der Waals surface area contributed by atoms with Gasteiger partial charge in [0.15, 0.2) is 11.5 Å². The van der Waals surface area contributed by atoms with Crippen LogP contribution in [0.2, 0.25) is 0 Å². The smallest absolute Gasteiger partial charge is 0.161 e. The summed E-state index contributed by atoms with van der Waals surface area (Å²) in [5.41, 5.74) is 1.23. The summed E-state index contributed by atoms with van der Waals surface area (Å²) in [5, 5.41) is 3.31. The van der Waals surface area contributed by atoms with Gasteiger partial charge in [-0.3, -0.25) is 0 Å². The second-order valence-electron chi connectivity index (χ2n) is 4.87. The molecule has 0 atom stereocenters. The fourth-order valence-electron chi connectivity index (χ4n) is 2.08. The fraction of sp³-hybridized carbons (Fsp3) is 0.600. The summed E-state index contributed by atoms with van der Waals surface area (Å²) in [6.45, 7) is 4.77. The van der Waals surface area contributed by atoms with Gasteiger partial charge >= 0.3 is 0 Å². The Balaban J connectivity index is 1.95. The molecule has 0 aromatic heterocycles. The van der Waals surface area contributed by atoms with Gasteiger partial charge in [0.2, 0.25) is 0 Å². The molecular formula is C15H23NO2. The predicted octanol–water partition coefficient (Wildman–Crippen LogP) is 2.98. The highest BCUT2D eigenvalue weighted by Crippen LogP contribution is 2.31. The maximum Gasteiger partial charge on any atom is 0.161 e. The molecule has 1 aromatic carbocycles. The van der Waals surface area contributed by atoms with Crippen LogP contribution in [0, 0.1) is 5.92 Å². The van der Waals surface area contributed by atoms with Crippen molar-refractivity contribution in [2.75, 3.05) is 20.3 Å². The Morgan fingerprint density at radius 1 is 1.28 bits per heavy atom. The number of hydrogen-bond acceptors (Lipinski definition) is 3. The Bertz CT molecular complexity index is 375. The van der Waals surface area contributed by atoms with Crippen molar-refractivity contribution in [3.63, 3.8) is 0 Å². The summed E-state index contributed by atoms with van der Waals surface area (Å²) in [6, 6.07) is 6.17. The standard InChI is InChI=1S/C15H23NO2/c1-3-16-10-13-7-8-14(15(9-13)17-2)18-11-12-5-4-6-12/h7-9,12,16H,3-6,10-11H2,1-2H3. The minimum absolute atomic E-state index is 0.746. The van der Waals surface area contributed by atoms with E-state index in [2.05, 4.69) is 24.4 Å². The highest BCUT2D eigenvalue weighted by molar-refractivity contribution is 5.42. The number of ether oxygens (including phenoxy) is 2. The molecule has 0 spiro atoms. The summed E-state index contributed by atoms with van der Waals surface area (Å²) >= 11 is 0. The summed E-state index contributed by atoms with van der Waals surface area (Å²) in [6.07, 6.45) is 3.97. The average molecular weight is 249 g/mol. The first-order valence-electron chi connectivity index (χ1n) is 6.84. The van der Waals surface area contributed by atoms with Crippen LogP contribution in [0.3, 0.4) is 0 Å². The van der Waals surface area contributed by atoms with E-state index in [1.54, 1.807) is 7.11 Å². The van der Waals surface area contributed by atoms with Crippen molar-refractivity contribution in [2.24, 2.45) is 5.92 Å². The molecule has 100 valence electrons. The molecule has 0 radical (unpaired) electrons. The van der Waals surface area contributed by atoms with Crippen molar-refractivity contribution in [2.45, 2.75) is 32.7 Å². The minimum atomic E-state index is 0.746. The SMILES string of the molecule is CCNCc1ccc(OCC2CCC2)c(OC)c1. The maximum atomic E-state index is 5.85. The Labute approximate surface area is 109 Å². The number of nitrogens with one attached hydrogen (secondary N) is 1. The molecule has 3 heteroatoms. The highest BCUT2D eigenvalue weighted by Gasteiger charge is 2.18. The summed E-state index contributed by atoms with van der Waals surface area (Å²) < 4.78 is 11.2. The number of methoxy groups -OCH3 is 1. The molecule has 0 amide bonds. The van der Waals surface area contributed by atoms with Gasteiger partial charge in [0.25, 0.3) is 0 Å². The van der Waals surface area contributed by atoms with E-state index in [0.29, 0.717) is 0 Å². The quantitative estimate of drug-likeness (QED) is 0.806. The van der Waals surface area contributed by atoms with E-state index in [0.717, 1.165) is 37.1 Å². The lowest BCUT2D eigenvalue weighted by Gasteiger charge is -2.25. The monoisotopic (exact) mass is 249 g/mol. The van der Waals surface area contributed by atoms with Gasteiger partial charge in [-0.1, -0.05) is 19.4 Å². The molecule has 0 unspecified atom stereocenters. The molecule has 3 nitrogen and oxygen atoms in total. The van der Waals surface area contributed by atoms with Crippen LogP contribution in [0.1, 0.15) is 31.7 Å². The summed E-state index contributed by atoms with van der Waals surface area (Å²) in [5.74, 6) is 2.45. The molecule has 2 rings (SSSR count). The second-order valence-corrected chi connectivity index (χ2v) is 4.87. The maximum absolute atomic E-state index is 5.85. The van der Waals surface area contributed by atoms with Crippen LogP contribution in [-0.2, 0) is 6.54 Å². The van der Waals surface area contributed by atoms with E-state index in [9.17, 15) is 0 Å². The lowest BCUT2D eigenvalue weighted by atomic mass is 9.86. The van der Waals surface area contributed by atoms with Crippen LogP contribution in [-0.4, -0.2) is 20.3 Å². The van der Waals surface area contributed by atoms with E-state index < -0.39 is 0 Å². The molecule has 1 aliphatic rings. The van der Waals surface area contributed by atoms with Gasteiger partial charge in [-0.25, -0.2) is 0 Å². The topological polar surface area (TPSA) is 30.5 Å². The zero-order valence-corrected chi connectivity index (χ0v) is 11.4. The van der Waals surface area contributed by atoms with Gasteiger partial charge in [-0.15, -0.1) is 0 Å². The molecule has 0 bridgehead atoms. The Morgan fingerprint density at radius 3 is 2.72 bits per heavy atom. The number of rotatable bonds is 7. The van der Waals surface area contributed by atoms with Crippen LogP contribution < -0.4 is 14.8 Å². The van der Waals surface area contributed by atoms with Crippen molar-refractivity contribution in [1.82, 2.24) is 5.32 Å². The normalized spacial score (nSPS) is 15.2. The van der Waals surface area contributed by atoms with Crippen LogP contribution in [0.25, 0.3) is 0 Å². The van der Waals surface area contributed by atoms with Gasteiger partial charge in [0.05, 0.1) is 13.7 Å². The molecule has 1 aliphatic carbocycles. The van der Waals surface area contributed by atoms with E-state index in [-0.39, 0.29) is 0 Å². The third-order valence-electron chi connectivity index (χ3n) is 3.51. The van der Waals surface area contributed by atoms with Crippen molar-refractivity contribution in [3.8, 4) is 11.5 Å². The average Bonchev–Trinajstić information content (AvgIpc) is 2.35. The highest BCUT2D eigenvalue weighted by atomic mass is 16.5. The van der Waals surface area contributed by atoms with Gasteiger partial charge < -0.3 is 14.8 Å². The molecule has 1 N–H and O–H groups in total. The van der Waals surface area contributed by atoms with Gasteiger partial charge in [-0.05, 0) is 43.0 Å². The molecular weight excluding hydrogens is 226 g/mol. The molecule has 0 aliphatic heterocycles. The van der Waals surface area contributed by atoms with Crippen molar-refractivity contribution in [3.05, 3.63) is 23.8 Å². The first-order valence-corrected chi connectivity index (χ1v) is 6.84. The van der Waals surface area contributed by atoms with E-state index in [1.165, 1.54) is 24.8 Å². The van der Waals surface area contributed by atoms with Crippen molar-refractivity contribution in [1.29, 1.82) is 0 Å². The lowest BCUT2D eigenvalue weighted by Crippen LogP contribution is -2.19. The van der Waals surface area contributed by atoms with Crippen LogP contribution in [0.4, 0.5) is 0 Å². The fourth-order valence-corrected chi connectivity index (χ4v) is 2.08. The summed E-state index contributed by atoms with van der Waals surface area (Å²) in [4.78, 5) is 0. The first-order chi connectivity index (χ1) is 8.83. The summed E-state index contributed by atoms with van der Waals surface area (Å²) in [7, 11) is 1.70. The van der Waals surface area contributed by atoms with E-state index in [1.807, 2.05) is 6.07 Å².